The number of hydrogen-bond donors (Lipinski definition) is 0. The molecule has 0 aliphatic rings. The van der Waals surface area contributed by atoms with Crippen molar-refractivity contribution < 1.29 is 0 Å². The lowest BCUT2D eigenvalue weighted by Gasteiger charge is -2.12. The minimum absolute atomic E-state index is 0.0197. The second-order valence-corrected chi connectivity index (χ2v) is 6.78. The van der Waals surface area contributed by atoms with E-state index in [0.717, 1.165) is 27.8 Å². The Balaban J connectivity index is 1.79. The highest BCUT2D eigenvalue weighted by Crippen LogP contribution is 2.32. The maximum atomic E-state index is 12.3. The van der Waals surface area contributed by atoms with Crippen molar-refractivity contribution in [3.05, 3.63) is 101 Å². The number of nitrogens with zero attached hydrogens (tertiary/aromatic N) is 3. The van der Waals surface area contributed by atoms with Gasteiger partial charge >= 0.3 is 0 Å². The number of aromatic nitrogens is 3. The first-order chi connectivity index (χ1) is 13.1. The lowest BCUT2D eigenvalue weighted by molar-refractivity contribution is 0.687. The average molecular weight is 355 g/mol. The molecule has 2 aromatic carbocycles. The van der Waals surface area contributed by atoms with Gasteiger partial charge in [0.15, 0.2) is 0 Å². The summed E-state index contributed by atoms with van der Waals surface area (Å²) in [5.41, 5.74) is 6.34. The van der Waals surface area contributed by atoms with Crippen LogP contribution in [0.25, 0.3) is 22.3 Å². The number of pyridine rings is 1. The molecule has 134 valence electrons. The van der Waals surface area contributed by atoms with Gasteiger partial charge in [0.2, 0.25) is 0 Å². The maximum Gasteiger partial charge on any atom is 0.250 e. The van der Waals surface area contributed by atoms with E-state index in [4.69, 9.17) is 0 Å². The van der Waals surface area contributed by atoms with Gasteiger partial charge in [-0.25, -0.2) is 0 Å². The van der Waals surface area contributed by atoms with Crippen molar-refractivity contribution in [1.82, 2.24) is 14.3 Å². The minimum atomic E-state index is -0.0197. The molecule has 0 saturated carbocycles. The quantitative estimate of drug-likeness (QED) is 0.548. The van der Waals surface area contributed by atoms with Crippen LogP contribution in [0.15, 0.2) is 84.0 Å². The Morgan fingerprint density at radius 3 is 2.41 bits per heavy atom. The van der Waals surface area contributed by atoms with Gasteiger partial charge in [0.05, 0.1) is 12.7 Å². The van der Waals surface area contributed by atoms with Crippen molar-refractivity contribution in [2.45, 2.75) is 13.5 Å². The molecule has 0 spiro atoms. The first-order valence-corrected chi connectivity index (χ1v) is 8.95. The summed E-state index contributed by atoms with van der Waals surface area (Å²) >= 11 is 0. The van der Waals surface area contributed by atoms with Gasteiger partial charge < -0.3 is 4.57 Å². The van der Waals surface area contributed by atoms with Gasteiger partial charge in [-0.15, -0.1) is 0 Å². The third-order valence-corrected chi connectivity index (χ3v) is 4.80. The summed E-state index contributed by atoms with van der Waals surface area (Å²) < 4.78 is 3.54. The molecule has 0 radical (unpaired) electrons. The summed E-state index contributed by atoms with van der Waals surface area (Å²) in [7, 11) is 1.78. The van der Waals surface area contributed by atoms with Crippen LogP contribution in [-0.4, -0.2) is 14.3 Å². The van der Waals surface area contributed by atoms with Crippen molar-refractivity contribution in [3.8, 4) is 22.3 Å². The van der Waals surface area contributed by atoms with E-state index < -0.39 is 0 Å². The van der Waals surface area contributed by atoms with Crippen molar-refractivity contribution in [3.63, 3.8) is 0 Å². The van der Waals surface area contributed by atoms with Crippen LogP contribution in [-0.2, 0) is 13.6 Å². The standard InChI is InChI=1S/C23H21N3O/c1-17-8-6-7-11-20(17)21-12-23(27)25(2)16-22(21)19-13-24-26(15-19)14-18-9-4-3-5-10-18/h3-13,15-16H,14H2,1-2H3. The molecule has 2 aromatic heterocycles. The Hall–Kier alpha value is -3.40. The number of benzene rings is 2. The van der Waals surface area contributed by atoms with Crippen LogP contribution in [0.4, 0.5) is 0 Å². The first-order valence-electron chi connectivity index (χ1n) is 8.95. The van der Waals surface area contributed by atoms with Crippen molar-refractivity contribution in [2.75, 3.05) is 0 Å². The number of aryl methyl sites for hydroxylation is 2. The summed E-state index contributed by atoms with van der Waals surface area (Å²) in [5, 5.41) is 4.53. The van der Waals surface area contributed by atoms with Crippen LogP contribution in [0.2, 0.25) is 0 Å². The molecule has 4 nitrogen and oxygen atoms in total. The highest BCUT2D eigenvalue weighted by atomic mass is 16.1. The smallest absolute Gasteiger partial charge is 0.250 e. The minimum Gasteiger partial charge on any atom is -0.318 e. The largest absolute Gasteiger partial charge is 0.318 e. The first kappa shape index (κ1) is 17.0. The van der Waals surface area contributed by atoms with Crippen LogP contribution in [0.3, 0.4) is 0 Å². The van der Waals surface area contributed by atoms with E-state index in [0.29, 0.717) is 6.54 Å². The highest BCUT2D eigenvalue weighted by Gasteiger charge is 2.13. The number of hydrogen-bond acceptors (Lipinski definition) is 2. The van der Waals surface area contributed by atoms with E-state index in [1.54, 1.807) is 17.7 Å². The fourth-order valence-corrected chi connectivity index (χ4v) is 3.32. The van der Waals surface area contributed by atoms with Gasteiger partial charge in [-0.2, -0.15) is 5.10 Å². The molecule has 0 atom stereocenters. The summed E-state index contributed by atoms with van der Waals surface area (Å²) in [6.45, 7) is 2.78. The fourth-order valence-electron chi connectivity index (χ4n) is 3.32. The molecule has 27 heavy (non-hydrogen) atoms. The van der Waals surface area contributed by atoms with Crippen LogP contribution in [0.1, 0.15) is 11.1 Å². The summed E-state index contributed by atoms with van der Waals surface area (Å²) in [4.78, 5) is 12.3. The molecule has 0 saturated heterocycles. The van der Waals surface area contributed by atoms with E-state index in [-0.39, 0.29) is 5.56 Å². The molecular weight excluding hydrogens is 334 g/mol. The lowest BCUT2D eigenvalue weighted by atomic mass is 9.95. The molecule has 4 heteroatoms. The normalized spacial score (nSPS) is 10.9. The Morgan fingerprint density at radius 1 is 0.889 bits per heavy atom. The Labute approximate surface area is 158 Å². The second kappa shape index (κ2) is 7.08. The molecule has 0 aliphatic carbocycles. The van der Waals surface area contributed by atoms with Crippen LogP contribution in [0.5, 0.6) is 0 Å². The molecular formula is C23H21N3O. The lowest BCUT2D eigenvalue weighted by Crippen LogP contribution is -2.15. The van der Waals surface area contributed by atoms with Gasteiger partial charge in [0.1, 0.15) is 0 Å². The van der Waals surface area contributed by atoms with Crippen molar-refractivity contribution >= 4 is 0 Å². The second-order valence-electron chi connectivity index (χ2n) is 6.78. The van der Waals surface area contributed by atoms with Crippen LogP contribution < -0.4 is 5.56 Å². The molecule has 0 unspecified atom stereocenters. The predicted molar refractivity (Wildman–Crippen MR) is 109 cm³/mol. The van der Waals surface area contributed by atoms with Gasteiger partial charge in [0, 0.05) is 36.6 Å². The molecule has 0 amide bonds. The van der Waals surface area contributed by atoms with Crippen molar-refractivity contribution in [1.29, 1.82) is 0 Å². The summed E-state index contributed by atoms with van der Waals surface area (Å²) in [6, 6.07) is 20.1. The van der Waals surface area contributed by atoms with Crippen molar-refractivity contribution in [2.24, 2.45) is 7.05 Å². The summed E-state index contributed by atoms with van der Waals surface area (Å²) in [6.07, 6.45) is 5.80. The highest BCUT2D eigenvalue weighted by molar-refractivity contribution is 5.83. The fraction of sp³-hybridized carbons (Fsp3) is 0.130. The molecule has 2 heterocycles. The third kappa shape index (κ3) is 3.47. The van der Waals surface area contributed by atoms with E-state index >= 15 is 0 Å². The summed E-state index contributed by atoms with van der Waals surface area (Å²) in [5.74, 6) is 0. The Morgan fingerprint density at radius 2 is 1.63 bits per heavy atom. The van der Waals surface area contributed by atoms with E-state index in [1.807, 2.05) is 53.6 Å². The molecule has 0 bridgehead atoms. The van der Waals surface area contributed by atoms with Gasteiger partial charge in [0.25, 0.3) is 5.56 Å². The zero-order chi connectivity index (χ0) is 18.8. The van der Waals surface area contributed by atoms with Crippen LogP contribution >= 0.6 is 0 Å². The van der Waals surface area contributed by atoms with Gasteiger partial charge in [-0.1, -0.05) is 54.6 Å². The SMILES string of the molecule is Cc1ccccc1-c1cc(=O)n(C)cc1-c1cnn(Cc2ccccc2)c1. The predicted octanol–water partition coefficient (Wildman–Crippen LogP) is 4.27. The zero-order valence-electron chi connectivity index (χ0n) is 15.5. The third-order valence-electron chi connectivity index (χ3n) is 4.80. The molecule has 0 N–H and O–H groups in total. The molecule has 4 aromatic rings. The van der Waals surface area contributed by atoms with Crippen LogP contribution in [0, 0.1) is 6.92 Å². The molecule has 0 aliphatic heterocycles. The van der Waals surface area contributed by atoms with Gasteiger partial charge in [-0.05, 0) is 29.2 Å². The molecule has 0 fully saturated rings. The van der Waals surface area contributed by atoms with E-state index in [9.17, 15) is 4.79 Å². The van der Waals surface area contributed by atoms with E-state index in [1.165, 1.54) is 5.56 Å². The Kier molecular flexibility index (Phi) is 4.47. The zero-order valence-corrected chi connectivity index (χ0v) is 15.5. The van der Waals surface area contributed by atoms with Gasteiger partial charge in [-0.3, -0.25) is 9.48 Å². The topological polar surface area (TPSA) is 39.8 Å². The number of rotatable bonds is 4. The average Bonchev–Trinajstić information content (AvgIpc) is 3.13. The van der Waals surface area contributed by atoms with E-state index in [2.05, 4.69) is 36.3 Å². The molecule has 4 rings (SSSR count). The monoisotopic (exact) mass is 355 g/mol. The maximum absolute atomic E-state index is 12.3. The Bertz CT molecular complexity index is 1140.